The second kappa shape index (κ2) is 20.2. The van der Waals surface area contributed by atoms with Crippen LogP contribution in [-0.2, 0) is 9.13 Å². The number of nitrogens with zero attached hydrogens (tertiary/aromatic N) is 1. The van der Waals surface area contributed by atoms with Crippen molar-refractivity contribution in [1.29, 1.82) is 0 Å². The number of carbonyl (C=O) groups excluding carboxylic acids is 1. The van der Waals surface area contributed by atoms with Crippen molar-refractivity contribution >= 4 is 69.3 Å². The summed E-state index contributed by atoms with van der Waals surface area (Å²) in [6.07, 6.45) is -5.27. The Morgan fingerprint density at radius 2 is 0.968 bits per heavy atom. The van der Waals surface area contributed by atoms with Crippen LogP contribution >= 0.6 is 26.0 Å². The van der Waals surface area contributed by atoms with E-state index in [0.717, 1.165) is 36.4 Å². The Morgan fingerprint density at radius 1 is 0.587 bits per heavy atom. The van der Waals surface area contributed by atoms with Crippen molar-refractivity contribution in [3.63, 3.8) is 0 Å². The molecule has 0 radical (unpaired) electrons. The summed E-state index contributed by atoms with van der Waals surface area (Å²) in [6, 6.07) is 59.6. The Balaban J connectivity index is 0.000000159. The number of benzene rings is 7. The van der Waals surface area contributed by atoms with Crippen LogP contribution < -0.4 is 32.1 Å². The summed E-state index contributed by atoms with van der Waals surface area (Å²) in [6.45, 7) is 5.75. The minimum Gasteiger partial charge on any atom is -0.506 e. The van der Waals surface area contributed by atoms with Gasteiger partial charge in [-0.25, -0.2) is 0 Å². The molecule has 63 heavy (non-hydrogen) atoms. The van der Waals surface area contributed by atoms with E-state index in [4.69, 9.17) is 0 Å². The number of ketones is 1. The molecule has 0 bridgehead atoms. The number of allylic oxidation sites excluding steroid dienone is 1. The summed E-state index contributed by atoms with van der Waals surface area (Å²) in [7, 11) is -5.47. The minimum absolute atomic E-state index is 0. The van der Waals surface area contributed by atoms with Crippen LogP contribution in [0.25, 0.3) is 16.6 Å². The standard InChI is InChI=1S/C18H15OP.C17H8F3NO3S.C15H15OP.Gd/c19-20(16-10-4-1-5-11-16,17-12-6-2-7-13-17)18-14-8-3-9-15-18;18-17(19,20)15(23)12-14(22)8-4-3-7-11-13(8)21(16(12)24)9-5-1-2-6-10(9)25-11;1-13(2)17(16,14-9-5-3-6-10-14)15-11-7-4-8-12-15;/h1-15H;1-7,22H;3-12H,1H2,2H3;. The zero-order valence-corrected chi connectivity index (χ0v) is 38.4. The molecule has 2 heterocycles. The zero-order valence-electron chi connectivity index (χ0n) is 33.5. The largest absolute Gasteiger partial charge is 0.506 e. The Kier molecular flexibility index (Phi) is 15.2. The molecule has 6 nitrogen and oxygen atoms in total. The fraction of sp³-hybridized carbons (Fsp3) is 0.0400. The molecule has 8 aromatic rings. The molecule has 0 atom stereocenters. The maximum Gasteiger partial charge on any atom is 0.455 e. The fourth-order valence-electron chi connectivity index (χ4n) is 7.13. The van der Waals surface area contributed by atoms with Crippen LogP contribution in [0.3, 0.4) is 0 Å². The van der Waals surface area contributed by atoms with Gasteiger partial charge in [0, 0.05) is 81.6 Å². The van der Waals surface area contributed by atoms with Crippen LogP contribution in [0.5, 0.6) is 5.75 Å². The predicted molar refractivity (Wildman–Crippen MR) is 246 cm³/mol. The average Bonchev–Trinajstić information content (AvgIpc) is 3.31. The van der Waals surface area contributed by atoms with Crippen molar-refractivity contribution in [3.05, 3.63) is 222 Å². The van der Waals surface area contributed by atoms with Gasteiger partial charge >= 0.3 is 6.18 Å². The van der Waals surface area contributed by atoms with Crippen molar-refractivity contribution < 1.29 is 72.1 Å². The molecule has 0 aliphatic carbocycles. The van der Waals surface area contributed by atoms with E-state index in [0.29, 0.717) is 15.5 Å². The number of Topliss-reactive ketones (excluding diaryl/α,β-unsaturated/α-hetero) is 1. The van der Waals surface area contributed by atoms with Gasteiger partial charge in [0.25, 0.3) is 11.3 Å². The Bertz CT molecular complexity index is 2920. The number of halogens is 3. The number of pyridine rings is 1. The van der Waals surface area contributed by atoms with Gasteiger partial charge < -0.3 is 14.2 Å². The third-order valence-electron chi connectivity index (χ3n) is 10.1. The molecule has 0 spiro atoms. The van der Waals surface area contributed by atoms with Crippen molar-refractivity contribution in [1.82, 2.24) is 4.57 Å². The molecule has 1 N–H and O–H groups in total. The SMILES string of the molecule is C=C(C)P(=O)(c1ccccc1)c1ccccc1.O=C(c1c(O)c2cccc3c2n(c1=O)-c1ccccc1S3)C(F)(F)F.O=P(c1ccccc1)(c1ccccc1)c1ccccc1.[Gd]. The molecule has 0 fully saturated rings. The van der Waals surface area contributed by atoms with E-state index in [1.54, 1.807) is 36.4 Å². The molecule has 1 aliphatic heterocycles. The van der Waals surface area contributed by atoms with Gasteiger partial charge in [-0.2, -0.15) is 13.2 Å². The fourth-order valence-corrected chi connectivity index (χ4v) is 13.3. The van der Waals surface area contributed by atoms with E-state index < -0.39 is 43.1 Å². The summed E-state index contributed by atoms with van der Waals surface area (Å²) < 4.78 is 66.8. The first kappa shape index (κ1) is 47.4. The normalized spacial score (nSPS) is 11.7. The van der Waals surface area contributed by atoms with Gasteiger partial charge in [0.05, 0.1) is 11.2 Å². The van der Waals surface area contributed by atoms with Gasteiger partial charge in [-0.1, -0.05) is 188 Å². The zero-order chi connectivity index (χ0) is 44.1. The molecule has 7 aromatic carbocycles. The molecule has 13 heteroatoms. The van der Waals surface area contributed by atoms with Gasteiger partial charge in [0.2, 0.25) is 0 Å². The van der Waals surface area contributed by atoms with Crippen LogP contribution in [0, 0.1) is 39.9 Å². The van der Waals surface area contributed by atoms with Crippen LogP contribution in [0.1, 0.15) is 17.3 Å². The molecule has 318 valence electrons. The first-order valence-electron chi connectivity index (χ1n) is 19.2. The Hall–Kier alpha value is -5.12. The second-order valence-corrected chi connectivity index (χ2v) is 20.9. The number of hydrogen-bond donors (Lipinski definition) is 1. The van der Waals surface area contributed by atoms with Crippen molar-refractivity contribution in [2.24, 2.45) is 0 Å². The van der Waals surface area contributed by atoms with Crippen LogP contribution in [-0.4, -0.2) is 21.6 Å². The number of carbonyl (C=O) groups is 1. The van der Waals surface area contributed by atoms with Crippen LogP contribution in [0.4, 0.5) is 13.2 Å². The van der Waals surface area contributed by atoms with Crippen LogP contribution in [0.15, 0.2) is 221 Å². The third-order valence-corrected chi connectivity index (χ3v) is 17.4. The smallest absolute Gasteiger partial charge is 0.455 e. The third kappa shape index (κ3) is 9.56. The van der Waals surface area contributed by atoms with Gasteiger partial charge in [0.15, 0.2) is 14.3 Å². The van der Waals surface area contributed by atoms with E-state index >= 15 is 0 Å². The van der Waals surface area contributed by atoms with E-state index in [2.05, 4.69) is 6.58 Å². The molecular weight excluding hydrogens is 1000 g/mol. The molecule has 0 amide bonds. The van der Waals surface area contributed by atoms with E-state index in [1.807, 2.05) is 159 Å². The quantitative estimate of drug-likeness (QED) is 0.126. The second-order valence-electron chi connectivity index (χ2n) is 14.0. The summed E-state index contributed by atoms with van der Waals surface area (Å²) in [5, 5.41) is 15.3. The number of aromatic nitrogens is 1. The van der Waals surface area contributed by atoms with Gasteiger partial charge in [-0.15, -0.1) is 0 Å². The number of alkyl halides is 3. The van der Waals surface area contributed by atoms with Crippen LogP contribution in [0.2, 0.25) is 0 Å². The first-order chi connectivity index (χ1) is 29.8. The molecule has 0 saturated carbocycles. The number of rotatable bonds is 7. The van der Waals surface area contributed by atoms with Gasteiger partial charge in [0.1, 0.15) is 11.3 Å². The molecular formula is C50H38F3GdNO5P2S. The maximum absolute atomic E-state index is 13.8. The van der Waals surface area contributed by atoms with Crippen molar-refractivity contribution in [2.45, 2.75) is 22.9 Å². The number of aromatic hydroxyl groups is 1. The topological polar surface area (TPSA) is 93.4 Å². The summed E-state index contributed by atoms with van der Waals surface area (Å²) >= 11 is 1.33. The average molecular weight is 1040 g/mol. The summed E-state index contributed by atoms with van der Waals surface area (Å²) in [4.78, 5) is 25.7. The number of fused-ring (bicyclic) bond motifs is 2. The van der Waals surface area contributed by atoms with E-state index in [1.165, 1.54) is 17.8 Å². The molecule has 0 unspecified atom stereocenters. The first-order valence-corrected chi connectivity index (χ1v) is 23.4. The van der Waals surface area contributed by atoms with Crippen molar-refractivity contribution in [2.75, 3.05) is 0 Å². The Morgan fingerprint density at radius 3 is 1.38 bits per heavy atom. The predicted octanol–water partition coefficient (Wildman–Crippen LogP) is 10.8. The summed E-state index contributed by atoms with van der Waals surface area (Å²) in [5.41, 5.74) is -1.80. The molecule has 1 aromatic heterocycles. The molecule has 9 rings (SSSR count). The van der Waals surface area contributed by atoms with Crippen molar-refractivity contribution in [3.8, 4) is 11.4 Å². The Labute approximate surface area is 399 Å². The van der Waals surface area contributed by atoms with E-state index in [9.17, 15) is 37.0 Å². The van der Waals surface area contributed by atoms with Gasteiger partial charge in [-0.05, 0) is 36.5 Å². The maximum atomic E-state index is 13.8. The number of hydrogen-bond acceptors (Lipinski definition) is 6. The summed E-state index contributed by atoms with van der Waals surface area (Å²) in [5.74, 6) is -3.30. The van der Waals surface area contributed by atoms with Gasteiger partial charge in [-0.3, -0.25) is 14.2 Å². The van der Waals surface area contributed by atoms with E-state index in [-0.39, 0.29) is 50.8 Å². The monoisotopic (exact) mass is 1040 g/mol. The number of para-hydroxylation sites is 2. The molecule has 1 aliphatic rings. The minimum atomic E-state index is -5.27. The molecule has 0 saturated heterocycles.